The van der Waals surface area contributed by atoms with E-state index < -0.39 is 82.4 Å². The lowest BCUT2D eigenvalue weighted by Gasteiger charge is -2.53. The van der Waals surface area contributed by atoms with Gasteiger partial charge in [0.1, 0.15) is 23.2 Å². The number of nitrogens with zero attached hydrogens (tertiary/aromatic N) is 1. The van der Waals surface area contributed by atoms with Crippen LogP contribution in [0.25, 0.3) is 0 Å². The molecule has 2 heterocycles. The van der Waals surface area contributed by atoms with Gasteiger partial charge in [-0.1, -0.05) is 94.6 Å². The summed E-state index contributed by atoms with van der Waals surface area (Å²) in [6.07, 6.45) is 4.87. The molecule has 3 aliphatic rings. The van der Waals surface area contributed by atoms with Crippen molar-refractivity contribution in [2.75, 3.05) is 6.54 Å². The molecule has 54 heavy (non-hydrogen) atoms. The van der Waals surface area contributed by atoms with Gasteiger partial charge in [0.25, 0.3) is 0 Å². The highest BCUT2D eigenvalue weighted by Crippen LogP contribution is 2.44. The number of ketones is 5. The number of β-amino-alcohol motifs (C(OH)–C–C–N with tert-alkyl or cyclic N) is 1. The van der Waals surface area contributed by atoms with Crippen molar-refractivity contribution < 1.29 is 43.4 Å². The third-order valence-corrected chi connectivity index (χ3v) is 12.4. The lowest BCUT2D eigenvalue weighted by atomic mass is 9.73. The molecule has 0 aromatic carbocycles. The number of unbranched alkanes of at least 4 members (excludes halogenated alkanes) is 1. The lowest BCUT2D eigenvalue weighted by molar-refractivity contribution is -0.238. The fourth-order valence-corrected chi connectivity index (χ4v) is 9.19. The second-order valence-electron chi connectivity index (χ2n) is 18.1. The zero-order valence-electron chi connectivity index (χ0n) is 34.9. The molecule has 0 bridgehead atoms. The summed E-state index contributed by atoms with van der Waals surface area (Å²) in [6.45, 7) is 21.6. The molecule has 0 radical (unpaired) electrons. The first-order chi connectivity index (χ1) is 25.0. The number of amides is 2. The first-order valence-electron chi connectivity index (χ1n) is 20.4. The van der Waals surface area contributed by atoms with Crippen LogP contribution in [0.2, 0.25) is 0 Å². The first kappa shape index (κ1) is 45.3. The van der Waals surface area contributed by atoms with E-state index in [1.807, 2.05) is 20.8 Å². The van der Waals surface area contributed by atoms with Crippen LogP contribution in [-0.2, 0) is 38.3 Å². The molecular formula is C43H68N2O9. The number of aliphatic hydroxyl groups excluding tert-OH is 1. The van der Waals surface area contributed by atoms with Crippen molar-refractivity contribution in [1.29, 1.82) is 0 Å². The van der Waals surface area contributed by atoms with Crippen LogP contribution in [0.1, 0.15) is 128 Å². The molecule has 11 heteroatoms. The van der Waals surface area contributed by atoms with Gasteiger partial charge in [-0.25, -0.2) is 0 Å². The Morgan fingerprint density at radius 3 is 2.15 bits per heavy atom. The van der Waals surface area contributed by atoms with Crippen LogP contribution in [-0.4, -0.2) is 80.8 Å². The summed E-state index contributed by atoms with van der Waals surface area (Å²) in [4.78, 5) is 97.6. The van der Waals surface area contributed by atoms with Gasteiger partial charge in [0.15, 0.2) is 11.6 Å². The molecule has 0 saturated carbocycles. The van der Waals surface area contributed by atoms with E-state index in [9.17, 15) is 38.7 Å². The van der Waals surface area contributed by atoms with E-state index in [2.05, 4.69) is 19.2 Å². The van der Waals surface area contributed by atoms with Crippen molar-refractivity contribution in [2.45, 2.75) is 152 Å². The van der Waals surface area contributed by atoms with Crippen LogP contribution in [0.15, 0.2) is 12.2 Å². The van der Waals surface area contributed by atoms with Crippen molar-refractivity contribution in [1.82, 2.24) is 10.2 Å². The standard InChI is InChI=1S/C43H68N2O9/c1-13-14-15-25(6)19-27(8)36(49)30(11)32(18-23(2)3)40(52)44-43(28(9)20-29(10)46)39(51)37(54-43)34(24(4)5)41(53)45-22-31(47)21-42(45,12)38(50)35-26(7)16-17-33(35)48/h16-17,23-28,30-32,34-35,37,47H,13-15,18-22H2,1-12H3,(H,44,52)/t25-,26+,27-,28?,30+,31+,32-,34?,35?,37+,42+,43-/m1/s1. The van der Waals surface area contributed by atoms with Crippen LogP contribution < -0.4 is 5.32 Å². The van der Waals surface area contributed by atoms with Gasteiger partial charge in [0, 0.05) is 43.1 Å². The number of ether oxygens (including phenoxy) is 1. The molecule has 2 saturated heterocycles. The summed E-state index contributed by atoms with van der Waals surface area (Å²) in [5, 5.41) is 13.7. The van der Waals surface area contributed by atoms with Crippen molar-refractivity contribution in [2.24, 2.45) is 59.2 Å². The zero-order valence-corrected chi connectivity index (χ0v) is 34.9. The number of hydrogen-bond donors (Lipinski definition) is 2. The summed E-state index contributed by atoms with van der Waals surface area (Å²) < 4.78 is 6.42. The molecule has 0 spiro atoms. The Kier molecular flexibility index (Phi) is 15.3. The van der Waals surface area contributed by atoms with Gasteiger partial charge in [-0.15, -0.1) is 0 Å². The molecule has 2 fully saturated rings. The number of likely N-dealkylation sites (tertiary alicyclic amines) is 1. The zero-order chi connectivity index (χ0) is 41.0. The van der Waals surface area contributed by atoms with E-state index in [1.165, 1.54) is 17.9 Å². The minimum absolute atomic E-state index is 0.0101. The van der Waals surface area contributed by atoms with Gasteiger partial charge >= 0.3 is 0 Å². The minimum atomic E-state index is -1.92. The minimum Gasteiger partial charge on any atom is -0.391 e. The third kappa shape index (κ3) is 9.48. The van der Waals surface area contributed by atoms with Gasteiger partial charge in [-0.2, -0.15) is 0 Å². The average molecular weight is 757 g/mol. The number of allylic oxidation sites excluding steroid dienone is 2. The van der Waals surface area contributed by atoms with Gasteiger partial charge in [-0.05, 0) is 56.4 Å². The van der Waals surface area contributed by atoms with Crippen molar-refractivity contribution in [3.8, 4) is 0 Å². The lowest BCUT2D eigenvalue weighted by Crippen LogP contribution is -2.76. The van der Waals surface area contributed by atoms with Gasteiger partial charge in [0.05, 0.1) is 17.9 Å². The molecule has 3 unspecified atom stereocenters. The molecule has 0 aromatic rings. The fraction of sp³-hybridized carbons (Fsp3) is 0.791. The molecule has 304 valence electrons. The van der Waals surface area contributed by atoms with E-state index in [4.69, 9.17) is 4.74 Å². The maximum absolute atomic E-state index is 14.6. The largest absolute Gasteiger partial charge is 0.391 e. The summed E-state index contributed by atoms with van der Waals surface area (Å²) in [5.41, 5.74) is -3.41. The highest BCUT2D eigenvalue weighted by molar-refractivity contribution is 6.13. The van der Waals surface area contributed by atoms with Gasteiger partial charge < -0.3 is 24.9 Å². The number of nitrogens with one attached hydrogen (secondary N) is 1. The summed E-state index contributed by atoms with van der Waals surface area (Å²) in [7, 11) is 0. The average Bonchev–Trinajstić information content (AvgIpc) is 3.59. The first-order valence-corrected chi connectivity index (χ1v) is 20.4. The SMILES string of the molecule is CCCC[C@@H](C)C[C@@H](C)C(=O)[C@@H](C)[C@@H](CC(C)C)C(=O)N[C@]1(C(C)CC(C)=O)O[C@@H](C(C(=O)N2C[C@@H](O)C[C@@]2(C)C(=O)C2C(=O)C=C[C@@H]2C)C(C)C)C1=O. The number of Topliss-reactive ketones (excluding diaryl/α,β-unsaturated/α-hetero) is 4. The highest BCUT2D eigenvalue weighted by Gasteiger charge is 2.65. The van der Waals surface area contributed by atoms with E-state index in [1.54, 1.807) is 47.6 Å². The second-order valence-corrected chi connectivity index (χ2v) is 18.1. The van der Waals surface area contributed by atoms with E-state index >= 15 is 0 Å². The van der Waals surface area contributed by atoms with Gasteiger partial charge in [0.2, 0.25) is 23.3 Å². The van der Waals surface area contributed by atoms with Crippen molar-refractivity contribution >= 4 is 40.7 Å². The van der Waals surface area contributed by atoms with Crippen molar-refractivity contribution in [3.05, 3.63) is 12.2 Å². The van der Waals surface area contributed by atoms with Crippen LogP contribution in [0, 0.1) is 59.2 Å². The number of carbonyl (C=O) groups excluding carboxylic acids is 7. The van der Waals surface area contributed by atoms with Gasteiger partial charge in [-0.3, -0.25) is 28.8 Å². The Bertz CT molecular complexity index is 1470. The van der Waals surface area contributed by atoms with Crippen LogP contribution in [0.5, 0.6) is 0 Å². The summed E-state index contributed by atoms with van der Waals surface area (Å²) in [6, 6.07) is 0. The summed E-state index contributed by atoms with van der Waals surface area (Å²) in [5.74, 6) is -7.62. The Labute approximate surface area is 323 Å². The Morgan fingerprint density at radius 2 is 1.65 bits per heavy atom. The van der Waals surface area contributed by atoms with Crippen LogP contribution >= 0.6 is 0 Å². The maximum atomic E-state index is 14.6. The molecule has 1 aliphatic carbocycles. The molecule has 11 nitrogen and oxygen atoms in total. The molecule has 2 aliphatic heterocycles. The number of rotatable bonds is 20. The fourth-order valence-electron chi connectivity index (χ4n) is 9.19. The van der Waals surface area contributed by atoms with Crippen molar-refractivity contribution in [3.63, 3.8) is 0 Å². The predicted molar refractivity (Wildman–Crippen MR) is 206 cm³/mol. The quantitative estimate of drug-likeness (QED) is 0.149. The summed E-state index contributed by atoms with van der Waals surface area (Å²) >= 11 is 0. The predicted octanol–water partition coefficient (Wildman–Crippen LogP) is 5.69. The molecule has 2 N–H and O–H groups in total. The van der Waals surface area contributed by atoms with E-state index in [-0.39, 0.29) is 54.5 Å². The monoisotopic (exact) mass is 756 g/mol. The second kappa shape index (κ2) is 18.3. The molecule has 0 aromatic heterocycles. The molecule has 2 amide bonds. The molecule has 3 rings (SSSR count). The number of hydrogen-bond acceptors (Lipinski definition) is 9. The smallest absolute Gasteiger partial charge is 0.229 e. The maximum Gasteiger partial charge on any atom is 0.229 e. The Balaban J connectivity index is 1.93. The van der Waals surface area contributed by atoms with Crippen LogP contribution in [0.4, 0.5) is 0 Å². The van der Waals surface area contributed by atoms with Crippen LogP contribution in [0.3, 0.4) is 0 Å². The number of aliphatic hydroxyl groups is 1. The normalized spacial score (nSPS) is 30.2. The molecular weight excluding hydrogens is 688 g/mol. The van der Waals surface area contributed by atoms with E-state index in [0.29, 0.717) is 12.3 Å². The van der Waals surface area contributed by atoms with E-state index in [0.717, 1.165) is 25.7 Å². The topological polar surface area (TPSA) is 164 Å². The molecule has 12 atom stereocenters. The number of carbonyl (C=O) groups is 7. The third-order valence-electron chi connectivity index (χ3n) is 12.4. The Hall–Kier alpha value is -3.05. The Morgan fingerprint density at radius 1 is 1.02 bits per heavy atom. The highest BCUT2D eigenvalue weighted by atomic mass is 16.6.